The molecule has 0 aliphatic carbocycles. The summed E-state index contributed by atoms with van der Waals surface area (Å²) in [6, 6.07) is 0.602. The molecule has 2 rings (SSSR count). The average Bonchev–Trinajstić information content (AvgIpc) is 3.15. The fraction of sp³-hybridized carbons (Fsp3) is 0.938. The molecule has 1 atom stereocenters. The topological polar surface area (TPSA) is 56.9 Å². The minimum Gasteiger partial charge on any atom is -0.370 e. The molecule has 0 aromatic carbocycles. The van der Waals surface area contributed by atoms with Gasteiger partial charge in [-0.15, -0.1) is 24.0 Å². The van der Waals surface area contributed by atoms with E-state index >= 15 is 0 Å². The Kier molecular flexibility index (Phi) is 10.4. The van der Waals surface area contributed by atoms with Gasteiger partial charge >= 0.3 is 0 Å². The first-order chi connectivity index (χ1) is 10.3. The number of nitrogens with two attached hydrogens (primary N) is 1. The van der Waals surface area contributed by atoms with Crippen LogP contribution in [0.15, 0.2) is 4.99 Å². The maximum atomic E-state index is 5.95. The van der Waals surface area contributed by atoms with Crippen molar-refractivity contribution in [3.05, 3.63) is 0 Å². The van der Waals surface area contributed by atoms with Gasteiger partial charge in [0.05, 0.1) is 6.54 Å². The van der Waals surface area contributed by atoms with E-state index in [0.29, 0.717) is 12.0 Å². The monoisotopic (exact) mass is 423 g/mol. The molecule has 2 fully saturated rings. The van der Waals surface area contributed by atoms with Gasteiger partial charge in [-0.25, -0.2) is 0 Å². The van der Waals surface area contributed by atoms with Gasteiger partial charge in [0.2, 0.25) is 0 Å². The molecule has 0 aromatic heterocycles. The van der Waals surface area contributed by atoms with Gasteiger partial charge in [-0.05, 0) is 71.2 Å². The van der Waals surface area contributed by atoms with Crippen molar-refractivity contribution in [2.45, 2.75) is 51.5 Å². The molecule has 0 spiro atoms. The van der Waals surface area contributed by atoms with Crippen molar-refractivity contribution >= 4 is 29.9 Å². The normalized spacial score (nSPS) is 23.7. The fourth-order valence-electron chi connectivity index (χ4n) is 3.46. The largest absolute Gasteiger partial charge is 0.370 e. The smallest absolute Gasteiger partial charge is 0.188 e. The van der Waals surface area contributed by atoms with Gasteiger partial charge < -0.3 is 16.0 Å². The number of hydrogen-bond acceptors (Lipinski definition) is 3. The van der Waals surface area contributed by atoms with Crippen LogP contribution in [0, 0.1) is 0 Å². The molecule has 22 heavy (non-hydrogen) atoms. The van der Waals surface area contributed by atoms with E-state index in [1.165, 1.54) is 64.7 Å². The van der Waals surface area contributed by atoms with E-state index in [-0.39, 0.29) is 24.0 Å². The molecule has 0 aromatic rings. The highest BCUT2D eigenvalue weighted by atomic mass is 127. The van der Waals surface area contributed by atoms with Gasteiger partial charge in [0.25, 0.3) is 0 Å². The standard InChI is InChI=1S/C16H33N5.HI/c1-2-21-13-7-8-15(21)14-19-16(17)18-9-3-4-10-20-11-5-6-12-20;/h15H,2-14H2,1H3,(H3,17,18,19);1H. The van der Waals surface area contributed by atoms with Crippen LogP contribution < -0.4 is 11.1 Å². The summed E-state index contributed by atoms with van der Waals surface area (Å²) in [5.74, 6) is 0.624. The Labute approximate surface area is 153 Å². The van der Waals surface area contributed by atoms with Gasteiger partial charge in [-0.3, -0.25) is 9.89 Å². The number of guanidine groups is 1. The van der Waals surface area contributed by atoms with Crippen LogP contribution in [0.2, 0.25) is 0 Å². The third kappa shape index (κ3) is 7.00. The van der Waals surface area contributed by atoms with Crippen molar-refractivity contribution in [3.8, 4) is 0 Å². The third-order valence-electron chi connectivity index (χ3n) is 4.78. The number of likely N-dealkylation sites (N-methyl/N-ethyl adjacent to an activating group) is 1. The van der Waals surface area contributed by atoms with Crippen LogP contribution in [0.5, 0.6) is 0 Å². The summed E-state index contributed by atoms with van der Waals surface area (Å²) in [6.45, 7) is 10.2. The first-order valence-electron chi connectivity index (χ1n) is 8.80. The summed E-state index contributed by atoms with van der Waals surface area (Å²) in [7, 11) is 0. The number of likely N-dealkylation sites (tertiary alicyclic amines) is 2. The summed E-state index contributed by atoms with van der Waals surface area (Å²) in [5.41, 5.74) is 5.95. The summed E-state index contributed by atoms with van der Waals surface area (Å²) < 4.78 is 0. The number of hydrogen-bond donors (Lipinski definition) is 2. The van der Waals surface area contributed by atoms with Gasteiger partial charge in [-0.2, -0.15) is 0 Å². The minimum atomic E-state index is 0. The Morgan fingerprint density at radius 1 is 1.18 bits per heavy atom. The Balaban J connectivity index is 0.00000242. The molecule has 1 unspecified atom stereocenters. The SMILES string of the molecule is CCN1CCCC1CN=C(N)NCCCCN1CCCC1.I. The second kappa shape index (κ2) is 11.5. The van der Waals surface area contributed by atoms with E-state index in [1.54, 1.807) is 0 Å². The lowest BCUT2D eigenvalue weighted by Crippen LogP contribution is -2.36. The highest BCUT2D eigenvalue weighted by Gasteiger charge is 2.22. The number of nitrogens with one attached hydrogen (secondary N) is 1. The number of aliphatic imine (C=N–C) groups is 1. The quantitative estimate of drug-likeness (QED) is 0.271. The molecule has 2 saturated heterocycles. The lowest BCUT2D eigenvalue weighted by molar-refractivity contribution is 0.273. The summed E-state index contributed by atoms with van der Waals surface area (Å²) in [4.78, 5) is 9.58. The van der Waals surface area contributed by atoms with Crippen LogP contribution in [0.25, 0.3) is 0 Å². The first-order valence-corrected chi connectivity index (χ1v) is 8.80. The van der Waals surface area contributed by atoms with Gasteiger partial charge in [0.15, 0.2) is 5.96 Å². The molecule has 6 heteroatoms. The number of unbranched alkanes of at least 4 members (excludes halogenated alkanes) is 1. The predicted molar refractivity (Wildman–Crippen MR) is 105 cm³/mol. The number of rotatable bonds is 8. The van der Waals surface area contributed by atoms with Crippen LogP contribution in [0.1, 0.15) is 45.4 Å². The molecule has 2 heterocycles. The maximum absolute atomic E-state index is 5.95. The van der Waals surface area contributed by atoms with Crippen LogP contribution in [0.3, 0.4) is 0 Å². The number of halogens is 1. The molecule has 2 aliphatic rings. The molecule has 3 N–H and O–H groups in total. The van der Waals surface area contributed by atoms with Gasteiger partial charge in [0, 0.05) is 12.6 Å². The summed E-state index contributed by atoms with van der Waals surface area (Å²) in [6.07, 6.45) is 7.77. The Morgan fingerprint density at radius 3 is 2.68 bits per heavy atom. The predicted octanol–water partition coefficient (Wildman–Crippen LogP) is 1.87. The van der Waals surface area contributed by atoms with Crippen molar-refractivity contribution < 1.29 is 0 Å². The molecule has 0 bridgehead atoms. The lowest BCUT2D eigenvalue weighted by Gasteiger charge is -2.21. The van der Waals surface area contributed by atoms with E-state index in [9.17, 15) is 0 Å². The Morgan fingerprint density at radius 2 is 1.95 bits per heavy atom. The third-order valence-corrected chi connectivity index (χ3v) is 4.78. The van der Waals surface area contributed by atoms with Gasteiger partial charge in [-0.1, -0.05) is 6.92 Å². The zero-order valence-corrected chi connectivity index (χ0v) is 16.4. The van der Waals surface area contributed by atoms with Crippen LogP contribution in [-0.2, 0) is 0 Å². The van der Waals surface area contributed by atoms with E-state index in [4.69, 9.17) is 5.73 Å². The average molecular weight is 423 g/mol. The Bertz CT molecular complexity index is 318. The molecule has 0 amide bonds. The van der Waals surface area contributed by atoms with Crippen molar-refractivity contribution in [1.82, 2.24) is 15.1 Å². The van der Waals surface area contributed by atoms with Crippen molar-refractivity contribution in [2.24, 2.45) is 10.7 Å². The molecular weight excluding hydrogens is 389 g/mol. The minimum absolute atomic E-state index is 0. The van der Waals surface area contributed by atoms with Crippen molar-refractivity contribution in [2.75, 3.05) is 45.8 Å². The van der Waals surface area contributed by atoms with E-state index in [1.807, 2.05) is 0 Å². The molecule has 0 radical (unpaired) electrons. The second-order valence-corrected chi connectivity index (χ2v) is 6.33. The molecular formula is C16H34IN5. The number of nitrogens with zero attached hydrogens (tertiary/aromatic N) is 3. The molecule has 2 aliphatic heterocycles. The van der Waals surface area contributed by atoms with Crippen LogP contribution in [0.4, 0.5) is 0 Å². The molecule has 0 saturated carbocycles. The van der Waals surface area contributed by atoms with E-state index in [2.05, 4.69) is 27.0 Å². The van der Waals surface area contributed by atoms with Crippen molar-refractivity contribution in [3.63, 3.8) is 0 Å². The second-order valence-electron chi connectivity index (χ2n) is 6.33. The Hall–Kier alpha value is -0.0800. The molecule has 130 valence electrons. The van der Waals surface area contributed by atoms with E-state index in [0.717, 1.165) is 19.6 Å². The summed E-state index contributed by atoms with van der Waals surface area (Å²) in [5, 5.41) is 3.26. The zero-order valence-electron chi connectivity index (χ0n) is 14.1. The molecule has 5 nitrogen and oxygen atoms in total. The zero-order chi connectivity index (χ0) is 14.9. The fourth-order valence-corrected chi connectivity index (χ4v) is 3.46. The highest BCUT2D eigenvalue weighted by molar-refractivity contribution is 14.0. The lowest BCUT2D eigenvalue weighted by atomic mass is 10.2. The summed E-state index contributed by atoms with van der Waals surface area (Å²) >= 11 is 0. The van der Waals surface area contributed by atoms with Gasteiger partial charge in [0.1, 0.15) is 0 Å². The van der Waals surface area contributed by atoms with Crippen LogP contribution in [-0.4, -0.2) is 67.6 Å². The van der Waals surface area contributed by atoms with Crippen molar-refractivity contribution in [1.29, 1.82) is 0 Å². The highest BCUT2D eigenvalue weighted by Crippen LogP contribution is 2.16. The van der Waals surface area contributed by atoms with Crippen LogP contribution >= 0.6 is 24.0 Å². The first kappa shape index (κ1) is 20.0. The maximum Gasteiger partial charge on any atom is 0.188 e. The van der Waals surface area contributed by atoms with E-state index < -0.39 is 0 Å².